The molecule has 0 heterocycles. The van der Waals surface area contributed by atoms with Gasteiger partial charge < -0.3 is 5.11 Å². The van der Waals surface area contributed by atoms with E-state index in [9.17, 15) is 17.6 Å². The van der Waals surface area contributed by atoms with Gasteiger partial charge in [0.15, 0.2) is 0 Å². The van der Waals surface area contributed by atoms with Crippen LogP contribution in [-0.2, 0) is 14.8 Å². The van der Waals surface area contributed by atoms with Crippen molar-refractivity contribution in [3.63, 3.8) is 0 Å². The molecule has 0 aliphatic carbocycles. The summed E-state index contributed by atoms with van der Waals surface area (Å²) in [5, 5.41) is 17.9. The smallest absolute Gasteiger partial charge is 0.321 e. The number of carbonyl (C=O) groups is 1. The molecule has 1 aromatic rings. The van der Waals surface area contributed by atoms with Gasteiger partial charge in [-0.15, -0.1) is 0 Å². The number of hydrogen-bond acceptors (Lipinski definition) is 4. The first kappa shape index (κ1) is 17.1. The summed E-state index contributed by atoms with van der Waals surface area (Å²) in [4.78, 5) is 10.5. The molecule has 8 heteroatoms. The van der Waals surface area contributed by atoms with Crippen molar-refractivity contribution in [1.29, 1.82) is 5.26 Å². The van der Waals surface area contributed by atoms with Crippen LogP contribution in [0.2, 0.25) is 0 Å². The summed E-state index contributed by atoms with van der Waals surface area (Å²) in [5.41, 5.74) is -0.640. The number of nitrogens with zero attached hydrogens (tertiary/aromatic N) is 1. The van der Waals surface area contributed by atoms with Crippen molar-refractivity contribution < 1.29 is 22.7 Å². The first-order valence-electron chi connectivity index (χ1n) is 6.12. The summed E-state index contributed by atoms with van der Waals surface area (Å²) in [5.74, 6) is -2.37. The van der Waals surface area contributed by atoms with Gasteiger partial charge in [0.25, 0.3) is 0 Å². The summed E-state index contributed by atoms with van der Waals surface area (Å²) in [6.07, 6.45) is 0.0752. The lowest BCUT2D eigenvalue weighted by atomic mass is 10.1. The van der Waals surface area contributed by atoms with E-state index in [1.807, 2.05) is 4.72 Å². The third kappa shape index (κ3) is 4.24. The fourth-order valence-electron chi connectivity index (χ4n) is 1.76. The Balaban J connectivity index is 3.21. The molecule has 0 saturated heterocycles. The summed E-state index contributed by atoms with van der Waals surface area (Å²) in [6, 6.07) is 3.28. The lowest BCUT2D eigenvalue weighted by molar-refractivity contribution is -0.139. The van der Waals surface area contributed by atoms with Gasteiger partial charge in [-0.05, 0) is 24.5 Å². The highest BCUT2D eigenvalue weighted by atomic mass is 32.2. The molecule has 6 nitrogen and oxygen atoms in total. The van der Waals surface area contributed by atoms with Crippen LogP contribution in [0, 0.1) is 23.1 Å². The fourth-order valence-corrected chi connectivity index (χ4v) is 3.13. The van der Waals surface area contributed by atoms with Crippen LogP contribution in [0.15, 0.2) is 23.1 Å². The van der Waals surface area contributed by atoms with Gasteiger partial charge in [-0.3, -0.25) is 4.79 Å². The average Bonchev–Trinajstić information content (AvgIpc) is 2.36. The third-order valence-corrected chi connectivity index (χ3v) is 4.19. The second-order valence-electron chi connectivity index (χ2n) is 4.87. The van der Waals surface area contributed by atoms with Crippen LogP contribution in [0.3, 0.4) is 0 Å². The van der Waals surface area contributed by atoms with Crippen molar-refractivity contribution in [2.45, 2.75) is 31.2 Å². The molecule has 0 saturated carbocycles. The number of rotatable bonds is 6. The molecule has 0 bridgehead atoms. The van der Waals surface area contributed by atoms with E-state index in [1.54, 1.807) is 13.8 Å². The second-order valence-corrected chi connectivity index (χ2v) is 6.55. The monoisotopic (exact) mass is 314 g/mol. The van der Waals surface area contributed by atoms with Crippen LogP contribution in [-0.4, -0.2) is 25.5 Å². The van der Waals surface area contributed by atoms with Gasteiger partial charge in [-0.2, -0.15) is 9.98 Å². The largest absolute Gasteiger partial charge is 0.480 e. The number of aliphatic carboxylic acids is 1. The van der Waals surface area contributed by atoms with Gasteiger partial charge in [0.1, 0.15) is 28.4 Å². The number of nitriles is 1. The van der Waals surface area contributed by atoms with Gasteiger partial charge in [0.05, 0.1) is 0 Å². The molecule has 0 aliphatic rings. The van der Waals surface area contributed by atoms with Crippen molar-refractivity contribution >= 4 is 16.0 Å². The predicted octanol–water partition coefficient (Wildman–Crippen LogP) is 1.47. The first-order chi connectivity index (χ1) is 9.69. The molecule has 0 spiro atoms. The second kappa shape index (κ2) is 6.65. The number of sulfonamides is 1. The highest BCUT2D eigenvalue weighted by molar-refractivity contribution is 7.89. The van der Waals surface area contributed by atoms with E-state index in [0.29, 0.717) is 0 Å². The molecule has 1 rings (SSSR count). The van der Waals surface area contributed by atoms with Crippen LogP contribution in [0.5, 0.6) is 0 Å². The van der Waals surface area contributed by atoms with Crippen molar-refractivity contribution in [3.8, 4) is 6.07 Å². The third-order valence-electron chi connectivity index (χ3n) is 2.68. The molecular weight excluding hydrogens is 299 g/mol. The molecular formula is C13H15FN2O4S. The summed E-state index contributed by atoms with van der Waals surface area (Å²) in [6.45, 7) is 3.49. The quantitative estimate of drug-likeness (QED) is 0.827. The van der Waals surface area contributed by atoms with Crippen molar-refractivity contribution in [2.75, 3.05) is 0 Å². The zero-order chi connectivity index (χ0) is 16.2. The summed E-state index contributed by atoms with van der Waals surface area (Å²) in [7, 11) is -4.31. The fraction of sp³-hybridized carbons (Fsp3) is 0.385. The molecule has 0 radical (unpaired) electrons. The lowest BCUT2D eigenvalue weighted by Gasteiger charge is -2.17. The molecule has 21 heavy (non-hydrogen) atoms. The minimum atomic E-state index is -4.31. The van der Waals surface area contributed by atoms with Crippen LogP contribution in [0.1, 0.15) is 25.8 Å². The Morgan fingerprint density at radius 1 is 1.48 bits per heavy atom. The van der Waals surface area contributed by atoms with E-state index in [0.717, 1.165) is 18.2 Å². The molecule has 0 fully saturated rings. The van der Waals surface area contributed by atoms with E-state index in [-0.39, 0.29) is 12.3 Å². The van der Waals surface area contributed by atoms with Crippen LogP contribution < -0.4 is 4.72 Å². The van der Waals surface area contributed by atoms with Gasteiger partial charge in [0.2, 0.25) is 10.0 Å². The Morgan fingerprint density at radius 3 is 2.57 bits per heavy atom. The Bertz CT molecular complexity index is 680. The van der Waals surface area contributed by atoms with Crippen molar-refractivity contribution in [1.82, 2.24) is 4.72 Å². The van der Waals surface area contributed by atoms with E-state index in [4.69, 9.17) is 10.4 Å². The summed E-state index contributed by atoms with van der Waals surface area (Å²) < 4.78 is 39.8. The van der Waals surface area contributed by atoms with Gasteiger partial charge >= 0.3 is 5.97 Å². The standard InChI is InChI=1S/C13H15FN2O4S/c1-8(2)6-11(13(17)18)16-21(19,20)12-5-3-4-10(14)9(12)7-15/h3-5,8,11,16H,6H2,1-2H3,(H,17,18). The van der Waals surface area contributed by atoms with Crippen LogP contribution in [0.25, 0.3) is 0 Å². The van der Waals surface area contributed by atoms with Crippen LogP contribution in [0.4, 0.5) is 4.39 Å². The van der Waals surface area contributed by atoms with Crippen LogP contribution >= 0.6 is 0 Å². The zero-order valence-corrected chi connectivity index (χ0v) is 12.3. The van der Waals surface area contributed by atoms with Crippen molar-refractivity contribution in [2.24, 2.45) is 5.92 Å². The molecule has 1 atom stereocenters. The number of carboxylic acid groups (broad SMARTS) is 1. The molecule has 0 amide bonds. The molecule has 2 N–H and O–H groups in total. The highest BCUT2D eigenvalue weighted by Crippen LogP contribution is 2.19. The number of nitrogens with one attached hydrogen (secondary N) is 1. The molecule has 114 valence electrons. The van der Waals surface area contributed by atoms with E-state index < -0.39 is 38.3 Å². The Morgan fingerprint density at radius 2 is 2.10 bits per heavy atom. The SMILES string of the molecule is CC(C)CC(NS(=O)(=O)c1cccc(F)c1C#N)C(=O)O. The maximum absolute atomic E-state index is 13.5. The Kier molecular flexibility index (Phi) is 5.41. The average molecular weight is 314 g/mol. The molecule has 1 aromatic carbocycles. The minimum Gasteiger partial charge on any atom is -0.480 e. The van der Waals surface area contributed by atoms with Gasteiger partial charge in [0, 0.05) is 0 Å². The highest BCUT2D eigenvalue weighted by Gasteiger charge is 2.28. The van der Waals surface area contributed by atoms with E-state index in [2.05, 4.69) is 0 Å². The number of hydrogen-bond donors (Lipinski definition) is 2. The number of halogens is 1. The van der Waals surface area contributed by atoms with Crippen molar-refractivity contribution in [3.05, 3.63) is 29.6 Å². The number of carboxylic acids is 1. The van der Waals surface area contributed by atoms with Gasteiger partial charge in [-0.1, -0.05) is 19.9 Å². The Labute approximate surface area is 122 Å². The van der Waals surface area contributed by atoms with Gasteiger partial charge in [-0.25, -0.2) is 12.8 Å². The van der Waals surface area contributed by atoms with E-state index >= 15 is 0 Å². The maximum Gasteiger partial charge on any atom is 0.321 e. The molecule has 0 aliphatic heterocycles. The molecule has 1 unspecified atom stereocenters. The topological polar surface area (TPSA) is 107 Å². The lowest BCUT2D eigenvalue weighted by Crippen LogP contribution is -2.41. The van der Waals surface area contributed by atoms with E-state index in [1.165, 1.54) is 6.07 Å². The first-order valence-corrected chi connectivity index (χ1v) is 7.61. The maximum atomic E-state index is 13.5. The zero-order valence-electron chi connectivity index (χ0n) is 11.5. The summed E-state index contributed by atoms with van der Waals surface area (Å²) >= 11 is 0. The molecule has 0 aromatic heterocycles. The predicted molar refractivity (Wildman–Crippen MR) is 72.3 cm³/mol. The normalized spacial score (nSPS) is 12.9. The Hall–Kier alpha value is -1.98. The minimum absolute atomic E-state index is 0.0586. The number of benzene rings is 1.